The predicted molar refractivity (Wildman–Crippen MR) is 130 cm³/mol. The molecule has 1 fully saturated rings. The van der Waals surface area contributed by atoms with E-state index in [9.17, 15) is 4.79 Å². The van der Waals surface area contributed by atoms with Crippen molar-refractivity contribution < 1.29 is 18.8 Å². The molecule has 34 heavy (non-hydrogen) atoms. The smallest absolute Gasteiger partial charge is 0.309 e. The molecule has 5 rings (SSSR count). The predicted octanol–water partition coefficient (Wildman–Crippen LogP) is 6.00. The number of benzene rings is 2. The van der Waals surface area contributed by atoms with Gasteiger partial charge in [0, 0.05) is 35.7 Å². The first kappa shape index (κ1) is 22.5. The second-order valence-corrected chi connectivity index (χ2v) is 9.24. The summed E-state index contributed by atoms with van der Waals surface area (Å²) in [6.07, 6.45) is 2.93. The van der Waals surface area contributed by atoms with Gasteiger partial charge in [0.1, 0.15) is 5.75 Å². The number of rotatable bonds is 7. The molecule has 4 aromatic rings. The maximum absolute atomic E-state index is 12.2. The number of nitrogens with zero attached hydrogens (tertiary/aromatic N) is 3. The molecule has 1 aliphatic carbocycles. The maximum atomic E-state index is 12.2. The molecule has 2 aromatic heterocycles. The number of hydrogen-bond acceptors (Lipinski definition) is 6. The topological polar surface area (TPSA) is 79.4 Å². The Kier molecular flexibility index (Phi) is 5.81. The molecule has 0 radical (unpaired) electrons. The quantitative estimate of drug-likeness (QED) is 0.302. The van der Waals surface area contributed by atoms with Gasteiger partial charge in [-0.05, 0) is 57.0 Å². The number of esters is 1. The van der Waals surface area contributed by atoms with Crippen molar-refractivity contribution in [3.63, 3.8) is 0 Å². The van der Waals surface area contributed by atoms with Gasteiger partial charge in [-0.3, -0.25) is 4.79 Å². The van der Waals surface area contributed by atoms with Crippen LogP contribution in [-0.2, 0) is 16.6 Å². The van der Waals surface area contributed by atoms with Crippen molar-refractivity contribution in [2.45, 2.75) is 39.2 Å². The third-order valence-corrected chi connectivity index (χ3v) is 6.32. The van der Waals surface area contributed by atoms with Crippen molar-refractivity contribution >= 4 is 28.5 Å². The minimum atomic E-state index is -0.119. The first-order valence-corrected chi connectivity index (χ1v) is 11.8. The Morgan fingerprint density at radius 1 is 1.29 bits per heavy atom. The van der Waals surface area contributed by atoms with Crippen LogP contribution in [0.4, 0.5) is 0 Å². The molecule has 0 amide bonds. The molecule has 0 bridgehead atoms. The molecule has 176 valence electrons. The van der Waals surface area contributed by atoms with Crippen molar-refractivity contribution in [2.75, 3.05) is 6.61 Å². The Morgan fingerprint density at radius 3 is 2.85 bits per heavy atom. The lowest BCUT2D eigenvalue weighted by Gasteiger charge is -2.11. The second kappa shape index (κ2) is 8.80. The molecule has 7 nitrogen and oxygen atoms in total. The second-order valence-electron chi connectivity index (χ2n) is 8.83. The Hall–Kier alpha value is -3.32. The molecular weight excluding hydrogens is 454 g/mol. The summed E-state index contributed by atoms with van der Waals surface area (Å²) in [5.74, 6) is 1.47. The molecule has 0 saturated heterocycles. The lowest BCUT2D eigenvalue weighted by atomic mass is 10.0. The van der Waals surface area contributed by atoms with Crippen LogP contribution in [-0.4, -0.2) is 33.4 Å². The summed E-state index contributed by atoms with van der Waals surface area (Å²) in [5, 5.41) is 5.82. The SMILES string of the molecule is CCOC(=O)C1CC1c1cn(C)c2c(-c3noc(-c4ccc(OC(C)C)c(Cl)c4)n3)cccc12. The zero-order valence-electron chi connectivity index (χ0n) is 19.5. The summed E-state index contributed by atoms with van der Waals surface area (Å²) < 4.78 is 18.6. The summed E-state index contributed by atoms with van der Waals surface area (Å²) in [5.41, 5.74) is 3.72. The van der Waals surface area contributed by atoms with Crippen LogP contribution < -0.4 is 4.74 Å². The number of fused-ring (bicyclic) bond motifs is 1. The van der Waals surface area contributed by atoms with Crippen molar-refractivity contribution in [1.29, 1.82) is 0 Å². The summed E-state index contributed by atoms with van der Waals surface area (Å²) >= 11 is 6.39. The van der Waals surface area contributed by atoms with E-state index >= 15 is 0 Å². The standard InChI is InChI=1S/C26H26ClN3O4/c1-5-32-26(31)19-12-18(19)20-13-30(4)23-16(20)7-6-8-17(23)24-28-25(34-29-24)15-9-10-22(21(27)11-15)33-14(2)3/h6-11,13-14,18-19H,5,12H2,1-4H3. The van der Waals surface area contributed by atoms with Crippen molar-refractivity contribution in [3.05, 3.63) is 53.2 Å². The monoisotopic (exact) mass is 479 g/mol. The minimum absolute atomic E-state index is 0.0252. The van der Waals surface area contributed by atoms with Gasteiger partial charge in [-0.1, -0.05) is 28.9 Å². The van der Waals surface area contributed by atoms with Gasteiger partial charge >= 0.3 is 5.97 Å². The van der Waals surface area contributed by atoms with Crippen LogP contribution in [0.5, 0.6) is 5.75 Å². The largest absolute Gasteiger partial charge is 0.489 e. The summed E-state index contributed by atoms with van der Waals surface area (Å²) in [4.78, 5) is 16.8. The van der Waals surface area contributed by atoms with Gasteiger partial charge in [-0.25, -0.2) is 0 Å². The summed E-state index contributed by atoms with van der Waals surface area (Å²) in [6.45, 7) is 6.13. The van der Waals surface area contributed by atoms with Crippen LogP contribution in [0.25, 0.3) is 33.7 Å². The Balaban J connectivity index is 1.47. The molecule has 1 saturated carbocycles. The molecule has 2 atom stereocenters. The molecule has 2 heterocycles. The zero-order valence-corrected chi connectivity index (χ0v) is 20.3. The van der Waals surface area contributed by atoms with Gasteiger partial charge in [0.05, 0.1) is 29.2 Å². The highest BCUT2D eigenvalue weighted by atomic mass is 35.5. The summed E-state index contributed by atoms with van der Waals surface area (Å²) in [7, 11) is 1.99. The molecule has 0 aliphatic heterocycles. The van der Waals surface area contributed by atoms with E-state index in [0.717, 1.165) is 34.0 Å². The van der Waals surface area contributed by atoms with E-state index in [0.29, 0.717) is 29.1 Å². The molecule has 8 heteroatoms. The fourth-order valence-electron chi connectivity index (χ4n) is 4.46. The molecule has 2 aromatic carbocycles. The fraction of sp³-hybridized carbons (Fsp3) is 0.346. The average molecular weight is 480 g/mol. The highest BCUT2D eigenvalue weighted by Gasteiger charge is 2.46. The lowest BCUT2D eigenvalue weighted by Crippen LogP contribution is -2.07. The fourth-order valence-corrected chi connectivity index (χ4v) is 4.68. The normalized spacial score (nSPS) is 17.4. The molecule has 1 aliphatic rings. The number of aromatic nitrogens is 3. The number of aryl methyl sites for hydroxylation is 1. The van der Waals surface area contributed by atoms with Crippen LogP contribution in [0.2, 0.25) is 5.02 Å². The van der Waals surface area contributed by atoms with Crippen LogP contribution in [0.15, 0.2) is 47.1 Å². The van der Waals surface area contributed by atoms with Crippen LogP contribution >= 0.6 is 11.6 Å². The van der Waals surface area contributed by atoms with Crippen LogP contribution in [0.1, 0.15) is 38.7 Å². The van der Waals surface area contributed by atoms with Crippen molar-refractivity contribution in [2.24, 2.45) is 13.0 Å². The average Bonchev–Trinajstić information content (AvgIpc) is 3.31. The third kappa shape index (κ3) is 4.05. The van der Waals surface area contributed by atoms with Crippen LogP contribution in [0, 0.1) is 5.92 Å². The van der Waals surface area contributed by atoms with E-state index in [1.807, 2.05) is 46.0 Å². The first-order valence-electron chi connectivity index (χ1n) is 11.4. The van der Waals surface area contributed by atoms with Crippen LogP contribution in [0.3, 0.4) is 0 Å². The number of ether oxygens (including phenoxy) is 2. The van der Waals surface area contributed by atoms with E-state index in [1.165, 1.54) is 0 Å². The van der Waals surface area contributed by atoms with Gasteiger partial charge in [0.25, 0.3) is 5.89 Å². The number of halogens is 1. The van der Waals surface area contributed by atoms with Crippen molar-refractivity contribution in [1.82, 2.24) is 14.7 Å². The van der Waals surface area contributed by atoms with Gasteiger partial charge in [0.15, 0.2) is 0 Å². The van der Waals surface area contributed by atoms with E-state index in [1.54, 1.807) is 12.1 Å². The molecular formula is C26H26ClN3O4. The summed E-state index contributed by atoms with van der Waals surface area (Å²) in [6, 6.07) is 11.5. The van der Waals surface area contributed by atoms with Gasteiger partial charge in [-0.15, -0.1) is 0 Å². The highest BCUT2D eigenvalue weighted by Crippen LogP contribution is 2.51. The first-order chi connectivity index (χ1) is 16.4. The maximum Gasteiger partial charge on any atom is 0.309 e. The third-order valence-electron chi connectivity index (χ3n) is 6.02. The van der Waals surface area contributed by atoms with Gasteiger partial charge in [0.2, 0.25) is 5.82 Å². The van der Waals surface area contributed by atoms with Gasteiger partial charge in [-0.2, -0.15) is 4.98 Å². The lowest BCUT2D eigenvalue weighted by molar-refractivity contribution is -0.144. The zero-order chi connectivity index (χ0) is 24.0. The molecule has 2 unspecified atom stereocenters. The number of hydrogen-bond donors (Lipinski definition) is 0. The number of para-hydroxylation sites is 1. The van der Waals surface area contributed by atoms with Crippen molar-refractivity contribution in [3.8, 4) is 28.6 Å². The number of carbonyl (C=O) groups excluding carboxylic acids is 1. The Morgan fingerprint density at radius 2 is 2.12 bits per heavy atom. The van der Waals surface area contributed by atoms with E-state index in [2.05, 4.69) is 27.0 Å². The van der Waals surface area contributed by atoms with E-state index in [4.69, 9.17) is 25.6 Å². The molecule has 0 spiro atoms. The molecule has 0 N–H and O–H groups in total. The Bertz CT molecular complexity index is 1370. The number of carbonyl (C=O) groups is 1. The Labute approximate surface area is 202 Å². The van der Waals surface area contributed by atoms with E-state index < -0.39 is 0 Å². The van der Waals surface area contributed by atoms with Gasteiger partial charge < -0.3 is 18.6 Å². The minimum Gasteiger partial charge on any atom is -0.489 e. The highest BCUT2D eigenvalue weighted by molar-refractivity contribution is 6.32. The van der Waals surface area contributed by atoms with E-state index in [-0.39, 0.29) is 23.9 Å².